The molecule has 1 rings (SSSR count). The van der Waals surface area contributed by atoms with Crippen LogP contribution in [0.25, 0.3) is 0 Å². The van der Waals surface area contributed by atoms with Crippen LogP contribution in [0.3, 0.4) is 0 Å². The monoisotopic (exact) mass is 240 g/mol. The van der Waals surface area contributed by atoms with Crippen LogP contribution in [0.1, 0.15) is 24.0 Å². The maximum absolute atomic E-state index is 12.4. The van der Waals surface area contributed by atoms with Gasteiger partial charge in [-0.2, -0.15) is 0 Å². The Labute approximate surface area is 86.3 Å². The largest absolute Gasteiger partial charge is 0.250 e. The van der Waals surface area contributed by atoms with Crippen LogP contribution < -0.4 is 0 Å². The first-order chi connectivity index (χ1) is 6.20. The lowest BCUT2D eigenvalue weighted by Gasteiger charge is -2.10. The van der Waals surface area contributed by atoms with Gasteiger partial charge in [-0.1, -0.05) is 25.0 Å². The van der Waals surface area contributed by atoms with Crippen molar-refractivity contribution in [3.05, 3.63) is 33.8 Å². The fourth-order valence-electron chi connectivity index (χ4n) is 1.13. The van der Waals surface area contributed by atoms with Crippen molar-refractivity contribution in [1.82, 2.24) is 0 Å². The summed E-state index contributed by atoms with van der Waals surface area (Å²) < 4.78 is 13.3. The highest BCUT2D eigenvalue weighted by Gasteiger charge is 2.10. The number of benzene rings is 1. The molecule has 0 aliphatic carbocycles. The van der Waals surface area contributed by atoms with Gasteiger partial charge in [0, 0.05) is 16.0 Å². The van der Waals surface area contributed by atoms with E-state index in [1.165, 1.54) is 0 Å². The lowest BCUT2D eigenvalue weighted by Crippen LogP contribution is -1.97. The average Bonchev–Trinajstić information content (AvgIpc) is 2.17. The minimum absolute atomic E-state index is 0.109. The Kier molecular flexibility index (Phi) is 3.50. The van der Waals surface area contributed by atoms with Crippen molar-refractivity contribution < 1.29 is 4.39 Å². The fraction of sp³-hybridized carbons (Fsp3) is 0.273. The Morgan fingerprint density at radius 2 is 2.31 bits per heavy atom. The summed E-state index contributed by atoms with van der Waals surface area (Å²) in [4.78, 5) is 0. The maximum atomic E-state index is 12.4. The zero-order valence-electron chi connectivity index (χ0n) is 7.35. The van der Waals surface area contributed by atoms with Gasteiger partial charge in [0.25, 0.3) is 0 Å². The summed E-state index contributed by atoms with van der Waals surface area (Å²) in [7, 11) is 0. The molecule has 0 aromatic heterocycles. The van der Waals surface area contributed by atoms with Crippen LogP contribution in [0.15, 0.2) is 22.7 Å². The quantitative estimate of drug-likeness (QED) is 0.695. The van der Waals surface area contributed by atoms with Gasteiger partial charge in [-0.25, -0.2) is 0 Å². The third-order valence-electron chi connectivity index (χ3n) is 1.95. The third kappa shape index (κ3) is 2.10. The van der Waals surface area contributed by atoms with E-state index < -0.39 is 0 Å². The van der Waals surface area contributed by atoms with E-state index in [9.17, 15) is 4.39 Å². The Hall–Kier alpha value is -0.810. The lowest BCUT2D eigenvalue weighted by atomic mass is 10.0. The second-order valence-electron chi connectivity index (χ2n) is 2.91. The molecule has 0 saturated carbocycles. The number of alkyl halides is 1. The first-order valence-corrected chi connectivity index (χ1v) is 4.81. The van der Waals surface area contributed by atoms with Crippen molar-refractivity contribution in [2.45, 2.75) is 12.8 Å². The van der Waals surface area contributed by atoms with Gasteiger partial charge < -0.3 is 0 Å². The van der Waals surface area contributed by atoms with Gasteiger partial charge in [0.05, 0.1) is 6.67 Å². The summed E-state index contributed by atoms with van der Waals surface area (Å²) >= 11 is 3.37. The van der Waals surface area contributed by atoms with E-state index in [-0.39, 0.29) is 12.6 Å². The normalized spacial score (nSPS) is 12.2. The van der Waals surface area contributed by atoms with Crippen LogP contribution in [-0.2, 0) is 0 Å². The van der Waals surface area contributed by atoms with Crippen molar-refractivity contribution in [2.24, 2.45) is 0 Å². The molecule has 0 aliphatic rings. The molecule has 1 aromatic carbocycles. The number of hydrogen-bond acceptors (Lipinski definition) is 0. The van der Waals surface area contributed by atoms with Crippen molar-refractivity contribution in [3.63, 3.8) is 0 Å². The second-order valence-corrected chi connectivity index (χ2v) is 3.70. The molecule has 0 heterocycles. The van der Waals surface area contributed by atoms with Crippen LogP contribution in [0, 0.1) is 12.3 Å². The summed E-state index contributed by atoms with van der Waals surface area (Å²) in [6.45, 7) is 1.47. The van der Waals surface area contributed by atoms with Crippen LogP contribution in [0.4, 0.5) is 4.39 Å². The summed E-state index contributed by atoms with van der Waals surface area (Å²) in [5, 5.41) is 0. The zero-order chi connectivity index (χ0) is 9.84. The minimum atomic E-state index is -0.368. The van der Waals surface area contributed by atoms with E-state index >= 15 is 0 Å². The van der Waals surface area contributed by atoms with Crippen molar-refractivity contribution in [2.75, 3.05) is 6.67 Å². The molecule has 0 amide bonds. The molecule has 13 heavy (non-hydrogen) atoms. The number of hydrogen-bond donors (Lipinski definition) is 0. The Morgan fingerprint density at radius 3 is 2.85 bits per heavy atom. The highest BCUT2D eigenvalue weighted by atomic mass is 79.9. The standard InChI is InChI=1S/C11H10BrF/c1-3-9-5-4-6-10(11(9)12)8(2)7-13/h1,4-6,8H,7H2,2H3. The van der Waals surface area contributed by atoms with Gasteiger partial charge in [-0.05, 0) is 27.6 Å². The molecule has 0 bridgehead atoms. The summed E-state index contributed by atoms with van der Waals surface area (Å²) in [6.07, 6.45) is 5.29. The Balaban J connectivity index is 3.17. The average molecular weight is 241 g/mol. The minimum Gasteiger partial charge on any atom is -0.250 e. The van der Waals surface area contributed by atoms with Gasteiger partial charge in [-0.15, -0.1) is 6.42 Å². The van der Waals surface area contributed by atoms with E-state index in [1.54, 1.807) is 0 Å². The van der Waals surface area contributed by atoms with E-state index in [2.05, 4.69) is 21.9 Å². The van der Waals surface area contributed by atoms with Crippen molar-refractivity contribution >= 4 is 15.9 Å². The van der Waals surface area contributed by atoms with E-state index in [4.69, 9.17) is 6.42 Å². The predicted molar refractivity (Wildman–Crippen MR) is 56.5 cm³/mol. The molecule has 0 N–H and O–H groups in total. The van der Waals surface area contributed by atoms with Crippen LogP contribution >= 0.6 is 15.9 Å². The first-order valence-electron chi connectivity index (χ1n) is 4.01. The topological polar surface area (TPSA) is 0 Å². The molecule has 1 atom stereocenters. The summed E-state index contributed by atoms with van der Waals surface area (Å²) in [6, 6.07) is 5.56. The van der Waals surface area contributed by atoms with Gasteiger partial charge in [-0.3, -0.25) is 4.39 Å². The molecular weight excluding hydrogens is 231 g/mol. The summed E-state index contributed by atoms with van der Waals surface area (Å²) in [5.41, 5.74) is 1.70. The van der Waals surface area contributed by atoms with E-state index in [0.717, 1.165) is 15.6 Å². The highest BCUT2D eigenvalue weighted by Crippen LogP contribution is 2.27. The number of rotatable bonds is 2. The van der Waals surface area contributed by atoms with Gasteiger partial charge >= 0.3 is 0 Å². The molecule has 0 fully saturated rings. The van der Waals surface area contributed by atoms with Crippen molar-refractivity contribution in [3.8, 4) is 12.3 Å². The van der Waals surface area contributed by atoms with Crippen LogP contribution in [-0.4, -0.2) is 6.67 Å². The predicted octanol–water partition coefficient (Wildman–Crippen LogP) is 3.50. The molecule has 68 valence electrons. The molecule has 0 radical (unpaired) electrons. The Morgan fingerprint density at radius 1 is 1.62 bits per heavy atom. The molecule has 1 unspecified atom stereocenters. The van der Waals surface area contributed by atoms with Gasteiger partial charge in [0.2, 0.25) is 0 Å². The highest BCUT2D eigenvalue weighted by molar-refractivity contribution is 9.10. The molecule has 1 aromatic rings. The molecule has 0 spiro atoms. The molecule has 0 aliphatic heterocycles. The van der Waals surface area contributed by atoms with E-state index in [1.807, 2.05) is 25.1 Å². The first kappa shape index (κ1) is 10.3. The summed E-state index contributed by atoms with van der Waals surface area (Å²) in [5.74, 6) is 2.44. The SMILES string of the molecule is C#Cc1cccc(C(C)CF)c1Br. The molecule has 0 nitrogen and oxygen atoms in total. The fourth-order valence-corrected chi connectivity index (χ4v) is 1.89. The third-order valence-corrected chi connectivity index (χ3v) is 2.83. The smallest absolute Gasteiger partial charge is 0.0960 e. The number of terminal acetylenes is 1. The van der Waals surface area contributed by atoms with Gasteiger partial charge in [0.15, 0.2) is 0 Å². The maximum Gasteiger partial charge on any atom is 0.0960 e. The lowest BCUT2D eigenvalue weighted by molar-refractivity contribution is 0.446. The zero-order valence-corrected chi connectivity index (χ0v) is 8.94. The Bertz CT molecular complexity index is 338. The van der Waals surface area contributed by atoms with Crippen molar-refractivity contribution in [1.29, 1.82) is 0 Å². The van der Waals surface area contributed by atoms with Crippen LogP contribution in [0.2, 0.25) is 0 Å². The van der Waals surface area contributed by atoms with Gasteiger partial charge in [0.1, 0.15) is 0 Å². The molecular formula is C11H10BrF. The number of halogens is 2. The van der Waals surface area contributed by atoms with Crippen LogP contribution in [0.5, 0.6) is 0 Å². The van der Waals surface area contributed by atoms with E-state index in [0.29, 0.717) is 0 Å². The molecule has 0 saturated heterocycles. The molecule has 2 heteroatoms. The second kappa shape index (κ2) is 4.43.